The molecule has 2 rings (SSSR count). The predicted octanol–water partition coefficient (Wildman–Crippen LogP) is 3.86. The molecule has 3 nitrogen and oxygen atoms in total. The Hall–Kier alpha value is -1.26. The standard InChI is InChI=1S/C15H20N2OS/c1-4-13(16)14(12-8-6-5-7-10(12)2)19-15-17-11(3)9-18-15/h5-9,13-14H,4,16H2,1-3H3. The monoisotopic (exact) mass is 276 g/mol. The number of aryl methyl sites for hydroxylation is 2. The van der Waals surface area contributed by atoms with Gasteiger partial charge in [-0.25, -0.2) is 4.98 Å². The van der Waals surface area contributed by atoms with E-state index in [0.29, 0.717) is 5.22 Å². The molecule has 0 aliphatic heterocycles. The first-order chi connectivity index (χ1) is 9.11. The maximum atomic E-state index is 6.28. The minimum absolute atomic E-state index is 0.0818. The molecule has 1 heterocycles. The Morgan fingerprint density at radius 2 is 2.05 bits per heavy atom. The number of thioether (sulfide) groups is 1. The number of hydrogen-bond acceptors (Lipinski definition) is 4. The van der Waals surface area contributed by atoms with Gasteiger partial charge in [0.05, 0.1) is 10.9 Å². The van der Waals surface area contributed by atoms with Crippen LogP contribution in [0, 0.1) is 13.8 Å². The molecule has 0 aliphatic carbocycles. The van der Waals surface area contributed by atoms with Gasteiger partial charge in [0.25, 0.3) is 5.22 Å². The van der Waals surface area contributed by atoms with Crippen molar-refractivity contribution < 1.29 is 4.42 Å². The van der Waals surface area contributed by atoms with E-state index in [1.54, 1.807) is 18.0 Å². The molecule has 0 aliphatic rings. The van der Waals surface area contributed by atoms with E-state index in [-0.39, 0.29) is 11.3 Å². The van der Waals surface area contributed by atoms with Crippen molar-refractivity contribution in [3.63, 3.8) is 0 Å². The number of benzene rings is 1. The molecule has 1 aromatic carbocycles. The summed E-state index contributed by atoms with van der Waals surface area (Å²) < 4.78 is 5.45. The van der Waals surface area contributed by atoms with Crippen molar-refractivity contribution in [2.75, 3.05) is 0 Å². The fourth-order valence-electron chi connectivity index (χ4n) is 2.00. The quantitative estimate of drug-likeness (QED) is 0.842. The van der Waals surface area contributed by atoms with Crippen LogP contribution in [0.4, 0.5) is 0 Å². The molecular formula is C15H20N2OS. The lowest BCUT2D eigenvalue weighted by Crippen LogP contribution is -2.26. The molecule has 0 saturated carbocycles. The van der Waals surface area contributed by atoms with Gasteiger partial charge in [0.1, 0.15) is 6.26 Å². The second-order valence-corrected chi connectivity index (χ2v) is 5.81. The highest BCUT2D eigenvalue weighted by Crippen LogP contribution is 2.38. The molecule has 0 saturated heterocycles. The van der Waals surface area contributed by atoms with Crippen LogP contribution in [0.15, 0.2) is 40.2 Å². The molecule has 2 unspecified atom stereocenters. The van der Waals surface area contributed by atoms with Crippen LogP contribution >= 0.6 is 11.8 Å². The Kier molecular flexibility index (Phi) is 4.66. The fourth-order valence-corrected chi connectivity index (χ4v) is 3.27. The van der Waals surface area contributed by atoms with Crippen molar-refractivity contribution in [3.05, 3.63) is 47.3 Å². The number of nitrogens with two attached hydrogens (primary N) is 1. The van der Waals surface area contributed by atoms with Crippen molar-refractivity contribution in [1.29, 1.82) is 0 Å². The van der Waals surface area contributed by atoms with Gasteiger partial charge in [0, 0.05) is 6.04 Å². The van der Waals surface area contributed by atoms with Crippen LogP contribution in [0.2, 0.25) is 0 Å². The van der Waals surface area contributed by atoms with Gasteiger partial charge in [0.2, 0.25) is 0 Å². The Morgan fingerprint density at radius 1 is 1.32 bits per heavy atom. The van der Waals surface area contributed by atoms with Crippen LogP contribution in [-0.4, -0.2) is 11.0 Å². The van der Waals surface area contributed by atoms with Crippen molar-refractivity contribution in [1.82, 2.24) is 4.98 Å². The van der Waals surface area contributed by atoms with Gasteiger partial charge < -0.3 is 10.2 Å². The fraction of sp³-hybridized carbons (Fsp3) is 0.400. The molecule has 2 atom stereocenters. The summed E-state index contributed by atoms with van der Waals surface area (Å²) in [4.78, 5) is 4.36. The second kappa shape index (κ2) is 6.26. The van der Waals surface area contributed by atoms with Crippen molar-refractivity contribution in [2.24, 2.45) is 5.73 Å². The normalized spacial score (nSPS) is 14.3. The highest BCUT2D eigenvalue weighted by molar-refractivity contribution is 7.99. The van der Waals surface area contributed by atoms with Crippen LogP contribution < -0.4 is 5.73 Å². The zero-order valence-corrected chi connectivity index (χ0v) is 12.4. The lowest BCUT2D eigenvalue weighted by atomic mass is 10.00. The van der Waals surface area contributed by atoms with Crippen molar-refractivity contribution >= 4 is 11.8 Å². The lowest BCUT2D eigenvalue weighted by molar-refractivity contribution is 0.451. The number of oxazole rings is 1. The highest BCUT2D eigenvalue weighted by atomic mass is 32.2. The molecule has 19 heavy (non-hydrogen) atoms. The third-order valence-electron chi connectivity index (χ3n) is 3.18. The van der Waals surface area contributed by atoms with Crippen LogP contribution in [0.3, 0.4) is 0 Å². The summed E-state index contributed by atoms with van der Waals surface area (Å²) in [6.07, 6.45) is 2.60. The minimum Gasteiger partial charge on any atom is -0.440 e. The molecule has 1 aromatic heterocycles. The molecule has 0 radical (unpaired) electrons. The number of hydrogen-bond donors (Lipinski definition) is 1. The van der Waals surface area contributed by atoms with Crippen LogP contribution in [0.5, 0.6) is 0 Å². The van der Waals surface area contributed by atoms with E-state index in [1.165, 1.54) is 11.1 Å². The van der Waals surface area contributed by atoms with E-state index < -0.39 is 0 Å². The zero-order valence-electron chi connectivity index (χ0n) is 11.6. The third kappa shape index (κ3) is 3.39. The molecular weight excluding hydrogens is 256 g/mol. The van der Waals surface area contributed by atoms with Gasteiger partial charge in [-0.3, -0.25) is 0 Å². The Morgan fingerprint density at radius 3 is 2.63 bits per heavy atom. The minimum atomic E-state index is 0.0818. The van der Waals surface area contributed by atoms with E-state index in [0.717, 1.165) is 12.1 Å². The molecule has 2 N–H and O–H groups in total. The summed E-state index contributed by atoms with van der Waals surface area (Å²) in [5.41, 5.74) is 9.70. The van der Waals surface area contributed by atoms with E-state index in [2.05, 4.69) is 37.0 Å². The third-order valence-corrected chi connectivity index (χ3v) is 4.43. The van der Waals surface area contributed by atoms with Crippen molar-refractivity contribution in [3.8, 4) is 0 Å². The van der Waals surface area contributed by atoms with Crippen LogP contribution in [0.1, 0.15) is 35.4 Å². The molecule has 0 amide bonds. The smallest absolute Gasteiger partial charge is 0.256 e. The summed E-state index contributed by atoms with van der Waals surface area (Å²) in [7, 11) is 0. The van der Waals surface area contributed by atoms with E-state index >= 15 is 0 Å². The van der Waals surface area contributed by atoms with Gasteiger partial charge in [-0.1, -0.05) is 43.0 Å². The van der Waals surface area contributed by atoms with Gasteiger partial charge >= 0.3 is 0 Å². The second-order valence-electron chi connectivity index (χ2n) is 4.72. The van der Waals surface area contributed by atoms with Gasteiger partial charge in [-0.2, -0.15) is 0 Å². The SMILES string of the molecule is CCC(N)C(Sc1nc(C)co1)c1ccccc1C. The average molecular weight is 276 g/mol. The Balaban J connectivity index is 2.29. The number of nitrogens with zero attached hydrogens (tertiary/aromatic N) is 1. The average Bonchev–Trinajstić information content (AvgIpc) is 2.82. The summed E-state index contributed by atoms with van der Waals surface area (Å²) >= 11 is 1.61. The summed E-state index contributed by atoms with van der Waals surface area (Å²) in [6, 6.07) is 8.44. The topological polar surface area (TPSA) is 52.0 Å². The Bertz CT molecular complexity index is 538. The van der Waals surface area contributed by atoms with E-state index in [1.807, 2.05) is 13.0 Å². The highest BCUT2D eigenvalue weighted by Gasteiger charge is 2.23. The molecule has 0 spiro atoms. The number of rotatable bonds is 5. The van der Waals surface area contributed by atoms with E-state index in [4.69, 9.17) is 10.2 Å². The summed E-state index contributed by atoms with van der Waals surface area (Å²) in [6.45, 7) is 6.15. The van der Waals surface area contributed by atoms with Gasteiger partial charge in [-0.05, 0) is 31.4 Å². The molecule has 0 bridgehead atoms. The predicted molar refractivity (Wildman–Crippen MR) is 79.3 cm³/mol. The molecule has 4 heteroatoms. The summed E-state index contributed by atoms with van der Waals surface area (Å²) in [5, 5.41) is 0.860. The van der Waals surface area contributed by atoms with E-state index in [9.17, 15) is 0 Å². The zero-order chi connectivity index (χ0) is 13.8. The maximum absolute atomic E-state index is 6.28. The summed E-state index contributed by atoms with van der Waals surface area (Å²) in [5.74, 6) is 0. The van der Waals surface area contributed by atoms with Crippen LogP contribution in [0.25, 0.3) is 0 Å². The molecule has 0 fully saturated rings. The van der Waals surface area contributed by atoms with Gasteiger partial charge in [0.15, 0.2) is 0 Å². The first kappa shape index (κ1) is 14.2. The first-order valence-electron chi connectivity index (χ1n) is 6.51. The molecule has 2 aromatic rings. The van der Waals surface area contributed by atoms with Crippen molar-refractivity contribution in [2.45, 2.75) is 43.7 Å². The maximum Gasteiger partial charge on any atom is 0.256 e. The number of aromatic nitrogens is 1. The molecule has 102 valence electrons. The van der Waals surface area contributed by atoms with Gasteiger partial charge in [-0.15, -0.1) is 0 Å². The Labute approximate surface area is 118 Å². The lowest BCUT2D eigenvalue weighted by Gasteiger charge is -2.23. The first-order valence-corrected chi connectivity index (χ1v) is 7.39. The largest absolute Gasteiger partial charge is 0.440 e. The van der Waals surface area contributed by atoms with Crippen LogP contribution in [-0.2, 0) is 0 Å².